The molecule has 1 saturated carbocycles. The van der Waals surface area contributed by atoms with Gasteiger partial charge in [0, 0.05) is 12.5 Å². The van der Waals surface area contributed by atoms with Gasteiger partial charge in [-0.3, -0.25) is 4.79 Å². The highest BCUT2D eigenvalue weighted by Crippen LogP contribution is 2.28. The second-order valence-electron chi connectivity index (χ2n) is 3.59. The molecule has 0 radical (unpaired) electrons. The Morgan fingerprint density at radius 3 is 2.69 bits per heavy atom. The van der Waals surface area contributed by atoms with E-state index in [1.165, 1.54) is 6.42 Å². The number of terminal acetylenes is 1. The fourth-order valence-corrected chi connectivity index (χ4v) is 1.56. The summed E-state index contributed by atoms with van der Waals surface area (Å²) in [6, 6.07) is 0. The minimum absolute atomic E-state index is 0.269. The van der Waals surface area contributed by atoms with Crippen LogP contribution >= 0.6 is 0 Å². The van der Waals surface area contributed by atoms with E-state index in [1.54, 1.807) is 0 Å². The monoisotopic (exact) mass is 179 g/mol. The van der Waals surface area contributed by atoms with Crippen LogP contribution in [0.1, 0.15) is 32.6 Å². The molecule has 2 heteroatoms. The van der Waals surface area contributed by atoms with Gasteiger partial charge in [-0.25, -0.2) is 0 Å². The summed E-state index contributed by atoms with van der Waals surface area (Å²) in [5.74, 6) is 3.09. The highest BCUT2D eigenvalue weighted by molar-refractivity contribution is 5.79. The molecule has 0 bridgehead atoms. The summed E-state index contributed by atoms with van der Waals surface area (Å²) >= 11 is 0. The summed E-state index contributed by atoms with van der Waals surface area (Å²) in [5.41, 5.74) is 0. The van der Waals surface area contributed by atoms with E-state index < -0.39 is 0 Å². The van der Waals surface area contributed by atoms with E-state index in [0.717, 1.165) is 25.8 Å². The molecule has 0 aliphatic heterocycles. The number of hydrogen-bond acceptors (Lipinski definition) is 1. The first-order valence-corrected chi connectivity index (χ1v) is 5.01. The summed E-state index contributed by atoms with van der Waals surface area (Å²) in [4.78, 5) is 13.5. The molecule has 1 fully saturated rings. The Labute approximate surface area is 80.3 Å². The molecule has 72 valence electrons. The van der Waals surface area contributed by atoms with Gasteiger partial charge < -0.3 is 4.90 Å². The second-order valence-corrected chi connectivity index (χ2v) is 3.59. The quantitative estimate of drug-likeness (QED) is 0.601. The van der Waals surface area contributed by atoms with Crippen molar-refractivity contribution in [3.8, 4) is 12.3 Å². The predicted octanol–water partition coefficient (Wildman–Crippen LogP) is 1.66. The molecule has 1 rings (SSSR count). The van der Waals surface area contributed by atoms with E-state index in [1.807, 2.05) is 4.90 Å². The molecule has 0 aromatic carbocycles. The maximum atomic E-state index is 11.7. The Morgan fingerprint density at radius 2 is 2.31 bits per heavy atom. The number of carbonyl (C=O) groups is 1. The molecule has 0 aromatic rings. The van der Waals surface area contributed by atoms with Crippen LogP contribution in [0.25, 0.3) is 0 Å². The highest BCUT2D eigenvalue weighted by Gasteiger charge is 2.28. The van der Waals surface area contributed by atoms with E-state index in [2.05, 4.69) is 12.8 Å². The number of hydrogen-bond donors (Lipinski definition) is 0. The maximum absolute atomic E-state index is 11.7. The third kappa shape index (κ3) is 2.48. The fourth-order valence-electron chi connectivity index (χ4n) is 1.56. The molecule has 2 nitrogen and oxygen atoms in total. The first kappa shape index (κ1) is 10.1. The smallest absolute Gasteiger partial charge is 0.226 e. The lowest BCUT2D eigenvalue weighted by atomic mass is 9.84. The highest BCUT2D eigenvalue weighted by atomic mass is 16.2. The van der Waals surface area contributed by atoms with Gasteiger partial charge >= 0.3 is 0 Å². The Bertz CT molecular complexity index is 213. The maximum Gasteiger partial charge on any atom is 0.226 e. The van der Waals surface area contributed by atoms with Crippen molar-refractivity contribution in [3.63, 3.8) is 0 Å². The molecule has 0 atom stereocenters. The normalized spacial score (nSPS) is 16.0. The van der Waals surface area contributed by atoms with Crippen molar-refractivity contribution < 1.29 is 4.79 Å². The van der Waals surface area contributed by atoms with Crippen molar-refractivity contribution in [1.29, 1.82) is 0 Å². The molecule has 1 aliphatic carbocycles. The molecule has 1 aliphatic rings. The number of amides is 1. The summed E-state index contributed by atoms with van der Waals surface area (Å²) in [5, 5.41) is 0. The Balaban J connectivity index is 2.42. The lowest BCUT2D eigenvalue weighted by Gasteiger charge is -2.30. The van der Waals surface area contributed by atoms with Gasteiger partial charge in [-0.15, -0.1) is 6.42 Å². The second kappa shape index (κ2) is 4.91. The molecule has 0 aromatic heterocycles. The third-order valence-corrected chi connectivity index (χ3v) is 2.54. The summed E-state index contributed by atoms with van der Waals surface area (Å²) in [6.07, 6.45) is 9.52. The van der Waals surface area contributed by atoms with Crippen LogP contribution in [0.5, 0.6) is 0 Å². The Kier molecular flexibility index (Phi) is 3.82. The van der Waals surface area contributed by atoms with Crippen LogP contribution in [0.2, 0.25) is 0 Å². The van der Waals surface area contributed by atoms with Crippen LogP contribution in [-0.4, -0.2) is 23.9 Å². The van der Waals surface area contributed by atoms with Gasteiger partial charge in [0.1, 0.15) is 0 Å². The first-order chi connectivity index (χ1) is 6.29. The minimum atomic E-state index is 0.269. The van der Waals surface area contributed by atoms with Crippen LogP contribution in [0.15, 0.2) is 0 Å². The molecule has 13 heavy (non-hydrogen) atoms. The van der Waals surface area contributed by atoms with Crippen LogP contribution in [0, 0.1) is 18.3 Å². The van der Waals surface area contributed by atoms with Gasteiger partial charge in [-0.1, -0.05) is 19.3 Å². The van der Waals surface area contributed by atoms with Crippen LogP contribution in [0.3, 0.4) is 0 Å². The van der Waals surface area contributed by atoms with Crippen LogP contribution in [-0.2, 0) is 4.79 Å². The van der Waals surface area contributed by atoms with Crippen molar-refractivity contribution in [2.75, 3.05) is 13.1 Å². The fraction of sp³-hybridized carbons (Fsp3) is 0.727. The average molecular weight is 179 g/mol. The first-order valence-electron chi connectivity index (χ1n) is 5.01. The van der Waals surface area contributed by atoms with Crippen LogP contribution in [0.4, 0.5) is 0 Å². The summed E-state index contributed by atoms with van der Waals surface area (Å²) in [7, 11) is 0. The minimum Gasteiger partial charge on any atom is -0.331 e. The molecular weight excluding hydrogens is 162 g/mol. The summed E-state index contributed by atoms with van der Waals surface area (Å²) in [6.45, 7) is 3.35. The standard InChI is InChI=1S/C11H17NO/c1-3-8-12(9-4-2)11(13)10-6-5-7-10/h1,10H,4-9H2,2H3. The molecule has 0 saturated heterocycles. The molecule has 0 unspecified atom stereocenters. The van der Waals surface area contributed by atoms with Gasteiger partial charge in [-0.2, -0.15) is 0 Å². The van der Waals surface area contributed by atoms with E-state index in [9.17, 15) is 4.79 Å². The average Bonchev–Trinajstić information content (AvgIpc) is 2.01. The largest absolute Gasteiger partial charge is 0.331 e. The Hall–Kier alpha value is -0.970. The van der Waals surface area contributed by atoms with Gasteiger partial charge in [-0.05, 0) is 19.3 Å². The zero-order chi connectivity index (χ0) is 9.68. The van der Waals surface area contributed by atoms with Crippen molar-refractivity contribution in [1.82, 2.24) is 4.90 Å². The SMILES string of the molecule is C#CCN(CCC)C(=O)C1CCC1. The topological polar surface area (TPSA) is 20.3 Å². The van der Waals surface area contributed by atoms with E-state index >= 15 is 0 Å². The third-order valence-electron chi connectivity index (χ3n) is 2.54. The van der Waals surface area contributed by atoms with Gasteiger partial charge in [0.2, 0.25) is 5.91 Å². The Morgan fingerprint density at radius 1 is 1.62 bits per heavy atom. The van der Waals surface area contributed by atoms with E-state index in [4.69, 9.17) is 6.42 Å². The van der Waals surface area contributed by atoms with E-state index in [0.29, 0.717) is 6.54 Å². The van der Waals surface area contributed by atoms with Crippen molar-refractivity contribution in [2.45, 2.75) is 32.6 Å². The molecule has 0 N–H and O–H groups in total. The molecule has 0 spiro atoms. The number of rotatable bonds is 4. The van der Waals surface area contributed by atoms with E-state index in [-0.39, 0.29) is 11.8 Å². The van der Waals surface area contributed by atoms with Gasteiger partial charge in [0.15, 0.2) is 0 Å². The molecule has 1 amide bonds. The van der Waals surface area contributed by atoms with Crippen LogP contribution < -0.4 is 0 Å². The number of nitrogens with zero attached hydrogens (tertiary/aromatic N) is 1. The predicted molar refractivity (Wildman–Crippen MR) is 53.0 cm³/mol. The van der Waals surface area contributed by atoms with Gasteiger partial charge in [0.05, 0.1) is 6.54 Å². The summed E-state index contributed by atoms with van der Waals surface area (Å²) < 4.78 is 0. The number of carbonyl (C=O) groups excluding carboxylic acids is 1. The lowest BCUT2D eigenvalue weighted by Crippen LogP contribution is -2.39. The molecular formula is C11H17NO. The van der Waals surface area contributed by atoms with Gasteiger partial charge in [0.25, 0.3) is 0 Å². The zero-order valence-corrected chi connectivity index (χ0v) is 8.25. The zero-order valence-electron chi connectivity index (χ0n) is 8.25. The van der Waals surface area contributed by atoms with Crippen molar-refractivity contribution >= 4 is 5.91 Å². The van der Waals surface area contributed by atoms with Crippen molar-refractivity contribution in [3.05, 3.63) is 0 Å². The molecule has 0 heterocycles. The van der Waals surface area contributed by atoms with Crippen molar-refractivity contribution in [2.24, 2.45) is 5.92 Å². The lowest BCUT2D eigenvalue weighted by molar-refractivity contribution is -0.137.